The normalized spacial score (nSPS) is 11.0. The van der Waals surface area contributed by atoms with E-state index in [9.17, 15) is 0 Å². The smallest absolute Gasteiger partial charge is 0.0468 e. The predicted octanol–water partition coefficient (Wildman–Crippen LogP) is 25.2. The highest BCUT2D eigenvalue weighted by molar-refractivity contribution is 5.94. The summed E-state index contributed by atoms with van der Waals surface area (Å²) in [5.41, 5.74) is 18.3. The molecule has 16 aromatic carbocycles. The molecule has 16 aromatic rings. The van der Waals surface area contributed by atoms with Crippen molar-refractivity contribution in [2.24, 2.45) is 0 Å². The molecule has 4 heteroatoms. The monoisotopic (exact) mass is 1180 g/mol. The highest BCUT2D eigenvalue weighted by Gasteiger charge is 2.18. The van der Waals surface area contributed by atoms with Crippen molar-refractivity contribution in [1.82, 2.24) is 0 Å². The third-order valence-corrected chi connectivity index (χ3v) is 17.2. The first kappa shape index (κ1) is 56.3. The maximum atomic E-state index is 2.32. The molecule has 0 bridgehead atoms. The van der Waals surface area contributed by atoms with Gasteiger partial charge in [0.2, 0.25) is 0 Å². The number of anilines is 12. The third-order valence-electron chi connectivity index (χ3n) is 17.2. The van der Waals surface area contributed by atoms with Crippen molar-refractivity contribution in [3.8, 4) is 22.3 Å². The molecule has 16 rings (SSSR count). The number of para-hydroxylation sites is 4. The number of rotatable bonds is 14. The summed E-state index contributed by atoms with van der Waals surface area (Å²) < 4.78 is 0. The summed E-state index contributed by atoms with van der Waals surface area (Å²) in [6.07, 6.45) is 0. The third kappa shape index (κ3) is 12.0. The molecule has 0 aliphatic rings. The summed E-state index contributed by atoms with van der Waals surface area (Å²) in [5, 5.41) is 9.87. The van der Waals surface area contributed by atoms with E-state index in [0.29, 0.717) is 0 Å². The Morgan fingerprint density at radius 2 is 0.261 bits per heavy atom. The Morgan fingerprint density at radius 3 is 0.457 bits per heavy atom. The molecule has 0 atom stereocenters. The first-order valence-corrected chi connectivity index (χ1v) is 31.4. The molecular formula is C88H64N4. The SMILES string of the molecule is c1ccc(N(c2ccc(-c3ccc(N(c4ccccc4)c4ccc5ccccc5c4)cc3)cc2)c2ccc3ccccc3c2)cc1.c1ccc(N(c2ccc(-c3ccc(N(c4ccccc4)c4ccc5ccccc5c4)cc3)cc2)c2ccc3ccccc3c2)cc1. The van der Waals surface area contributed by atoms with Crippen molar-refractivity contribution in [2.45, 2.75) is 0 Å². The number of benzene rings is 16. The second kappa shape index (κ2) is 25.8. The predicted molar refractivity (Wildman–Crippen MR) is 393 cm³/mol. The van der Waals surface area contributed by atoms with E-state index in [-0.39, 0.29) is 0 Å². The summed E-state index contributed by atoms with van der Waals surface area (Å²) in [6, 6.07) is 139. The molecule has 0 aliphatic heterocycles. The lowest BCUT2D eigenvalue weighted by Crippen LogP contribution is -2.10. The average Bonchev–Trinajstić information content (AvgIpc) is 0.882. The van der Waals surface area contributed by atoms with Crippen molar-refractivity contribution in [3.05, 3.63) is 388 Å². The van der Waals surface area contributed by atoms with Crippen LogP contribution in [0, 0.1) is 0 Å². The second-order valence-corrected chi connectivity index (χ2v) is 23.0. The van der Waals surface area contributed by atoms with Crippen LogP contribution in [0.2, 0.25) is 0 Å². The standard InChI is InChI=1S/2C44H32N2/c2*1-3-15-39(16-4-1)45(43-29-23-33-11-7-9-13-37(33)31-43)41-25-19-35(20-26-41)36-21-27-42(28-22-36)46(40-17-5-2-6-18-40)44-30-24-34-12-8-10-14-38(34)32-44/h2*1-32H. The maximum absolute atomic E-state index is 2.32. The topological polar surface area (TPSA) is 13.0 Å². The van der Waals surface area contributed by atoms with Gasteiger partial charge >= 0.3 is 0 Å². The van der Waals surface area contributed by atoms with Crippen molar-refractivity contribution in [1.29, 1.82) is 0 Å². The zero-order valence-corrected chi connectivity index (χ0v) is 50.7. The van der Waals surface area contributed by atoms with E-state index in [1.165, 1.54) is 65.3 Å². The van der Waals surface area contributed by atoms with Crippen molar-refractivity contribution in [3.63, 3.8) is 0 Å². The van der Waals surface area contributed by atoms with Crippen LogP contribution < -0.4 is 19.6 Å². The van der Waals surface area contributed by atoms with Gasteiger partial charge in [0.25, 0.3) is 0 Å². The molecule has 0 spiro atoms. The summed E-state index contributed by atoms with van der Waals surface area (Å²) in [7, 11) is 0. The highest BCUT2D eigenvalue weighted by atomic mass is 15.2. The van der Waals surface area contributed by atoms with Gasteiger partial charge in [-0.3, -0.25) is 0 Å². The molecule has 0 N–H and O–H groups in total. The minimum atomic E-state index is 1.12. The Kier molecular flexibility index (Phi) is 15.8. The molecule has 0 saturated carbocycles. The van der Waals surface area contributed by atoms with Gasteiger partial charge in [-0.25, -0.2) is 0 Å². The van der Waals surface area contributed by atoms with E-state index < -0.39 is 0 Å². The lowest BCUT2D eigenvalue weighted by atomic mass is 10.0. The molecule has 0 saturated heterocycles. The molecule has 0 unspecified atom stereocenters. The van der Waals surface area contributed by atoms with Crippen LogP contribution in [0.5, 0.6) is 0 Å². The van der Waals surface area contributed by atoms with Crippen LogP contribution in [0.1, 0.15) is 0 Å². The van der Waals surface area contributed by atoms with E-state index in [1.54, 1.807) is 0 Å². The second-order valence-electron chi connectivity index (χ2n) is 23.0. The Balaban J connectivity index is 0.000000153. The largest absolute Gasteiger partial charge is 0.310 e. The Bertz CT molecular complexity index is 4480. The summed E-state index contributed by atoms with van der Waals surface area (Å²) in [4.78, 5) is 9.28. The van der Waals surface area contributed by atoms with Crippen LogP contribution >= 0.6 is 0 Å². The zero-order chi connectivity index (χ0) is 61.4. The van der Waals surface area contributed by atoms with E-state index in [1.807, 2.05) is 0 Å². The minimum Gasteiger partial charge on any atom is -0.310 e. The Morgan fingerprint density at radius 1 is 0.109 bits per heavy atom. The molecule has 0 heterocycles. The van der Waals surface area contributed by atoms with Gasteiger partial charge in [-0.1, -0.05) is 243 Å². The van der Waals surface area contributed by atoms with Gasteiger partial charge in [0.15, 0.2) is 0 Å². The van der Waals surface area contributed by atoms with Gasteiger partial charge in [-0.05, 0) is 211 Å². The number of hydrogen-bond acceptors (Lipinski definition) is 4. The highest BCUT2D eigenvalue weighted by Crippen LogP contribution is 2.42. The van der Waals surface area contributed by atoms with Gasteiger partial charge in [-0.15, -0.1) is 0 Å². The summed E-state index contributed by atoms with van der Waals surface area (Å²) in [5.74, 6) is 0. The zero-order valence-electron chi connectivity index (χ0n) is 50.7. The Hall–Kier alpha value is -12.2. The molecule has 0 radical (unpaired) electrons. The lowest BCUT2D eigenvalue weighted by molar-refractivity contribution is 1.28. The minimum absolute atomic E-state index is 1.12. The lowest BCUT2D eigenvalue weighted by Gasteiger charge is -2.26. The van der Waals surface area contributed by atoms with Crippen LogP contribution in [0.25, 0.3) is 65.3 Å². The van der Waals surface area contributed by atoms with E-state index in [4.69, 9.17) is 0 Å². The van der Waals surface area contributed by atoms with Crippen LogP contribution in [0.3, 0.4) is 0 Å². The van der Waals surface area contributed by atoms with Crippen LogP contribution in [-0.2, 0) is 0 Å². The molecule has 92 heavy (non-hydrogen) atoms. The molecule has 4 nitrogen and oxygen atoms in total. The first-order valence-electron chi connectivity index (χ1n) is 31.4. The van der Waals surface area contributed by atoms with E-state index in [0.717, 1.165) is 68.2 Å². The molecule has 0 fully saturated rings. The van der Waals surface area contributed by atoms with Crippen LogP contribution in [0.4, 0.5) is 68.2 Å². The average molecular weight is 1180 g/mol. The fraction of sp³-hybridized carbons (Fsp3) is 0. The molecule has 0 aromatic heterocycles. The van der Waals surface area contributed by atoms with E-state index >= 15 is 0 Å². The van der Waals surface area contributed by atoms with Gasteiger partial charge in [0.1, 0.15) is 0 Å². The first-order chi connectivity index (χ1) is 45.6. The number of hydrogen-bond donors (Lipinski definition) is 0. The van der Waals surface area contributed by atoms with Crippen molar-refractivity contribution < 1.29 is 0 Å². The van der Waals surface area contributed by atoms with Gasteiger partial charge in [0, 0.05) is 68.2 Å². The molecule has 0 aliphatic carbocycles. The van der Waals surface area contributed by atoms with Crippen LogP contribution in [-0.4, -0.2) is 0 Å². The van der Waals surface area contributed by atoms with Gasteiger partial charge < -0.3 is 19.6 Å². The fourth-order valence-electron chi connectivity index (χ4n) is 12.6. The quantitative estimate of drug-likeness (QED) is 0.108. The summed E-state index contributed by atoms with van der Waals surface area (Å²) >= 11 is 0. The maximum Gasteiger partial charge on any atom is 0.0468 e. The fourth-order valence-corrected chi connectivity index (χ4v) is 12.6. The number of nitrogens with zero attached hydrogens (tertiary/aromatic N) is 4. The van der Waals surface area contributed by atoms with Crippen molar-refractivity contribution in [2.75, 3.05) is 19.6 Å². The molecule has 436 valence electrons. The molecular weight excluding hydrogens is 1110 g/mol. The van der Waals surface area contributed by atoms with Gasteiger partial charge in [-0.2, -0.15) is 0 Å². The molecule has 0 amide bonds. The Labute approximate surface area is 538 Å². The van der Waals surface area contributed by atoms with Crippen LogP contribution in [0.15, 0.2) is 388 Å². The van der Waals surface area contributed by atoms with E-state index in [2.05, 4.69) is 408 Å². The van der Waals surface area contributed by atoms with Gasteiger partial charge in [0.05, 0.1) is 0 Å². The summed E-state index contributed by atoms with van der Waals surface area (Å²) in [6.45, 7) is 0. The van der Waals surface area contributed by atoms with Crippen molar-refractivity contribution >= 4 is 111 Å². The number of fused-ring (bicyclic) bond motifs is 4.